The molecule has 82 heavy (non-hydrogen) atoms. The Balaban J connectivity index is 0.000000292. The van der Waals surface area contributed by atoms with Crippen LogP contribution in [-0.4, -0.2) is 107 Å². The van der Waals surface area contributed by atoms with Crippen LogP contribution in [0.2, 0.25) is 0 Å². The molecule has 0 radical (unpaired) electrons. The second-order valence-electron chi connectivity index (χ2n) is 19.9. The van der Waals surface area contributed by atoms with E-state index in [4.69, 9.17) is 52.2 Å². The maximum atomic E-state index is 10.5. The normalized spacial score (nSPS) is 19.0. The van der Waals surface area contributed by atoms with Crippen molar-refractivity contribution in [2.45, 2.75) is 121 Å². The molecule has 6 aromatic rings. The molecule has 2 aliphatic rings. The first-order valence-electron chi connectivity index (χ1n) is 26.9. The van der Waals surface area contributed by atoms with Crippen LogP contribution < -0.4 is 32.2 Å². The van der Waals surface area contributed by atoms with Gasteiger partial charge in [-0.3, -0.25) is 0 Å². The van der Waals surface area contributed by atoms with Gasteiger partial charge >= 0.3 is 50.5 Å². The third-order valence-electron chi connectivity index (χ3n) is 14.0. The second kappa shape index (κ2) is 36.8. The molecule has 2 aliphatic heterocycles. The number of benzene rings is 6. The fraction of sp³-hybridized carbons (Fsp3) is 0.413. The summed E-state index contributed by atoms with van der Waals surface area (Å²) < 4.78 is 63.3. The van der Waals surface area contributed by atoms with Crippen LogP contribution >= 0.6 is 83.0 Å². The van der Waals surface area contributed by atoms with Crippen LogP contribution in [0.5, 0.6) is 23.0 Å². The molecule has 3 unspecified atom stereocenters. The van der Waals surface area contributed by atoms with Crippen molar-refractivity contribution in [1.82, 2.24) is 4.67 Å². The van der Waals surface area contributed by atoms with Crippen LogP contribution in [0.3, 0.4) is 0 Å². The summed E-state index contributed by atoms with van der Waals surface area (Å²) in [7, 11) is 5.20. The van der Waals surface area contributed by atoms with Gasteiger partial charge in [-0.2, -0.15) is 5.26 Å². The van der Waals surface area contributed by atoms with E-state index >= 15 is 0 Å². The van der Waals surface area contributed by atoms with Crippen LogP contribution in [0.1, 0.15) is 94.2 Å². The van der Waals surface area contributed by atoms with Crippen molar-refractivity contribution >= 4 is 83.0 Å². The SMILES string of the molecule is COc1ccc(C(OC[C@H]2O[C@@H](C)CC2O)(c2ccccc2)c2ccc(OC)cc2)cc1.COc1ccc(C(OC[C@H]2O[C@@H](C)CC2OP(OCCC#N)N(C(C)C)C(C)C)(c2ccccc2)c2ccc(OC)cc2)cc1.II.I[I-]I. The van der Waals surface area contributed by atoms with Crippen LogP contribution in [0.4, 0.5) is 0 Å². The molecule has 1 N–H and O–H groups in total. The van der Waals surface area contributed by atoms with Gasteiger partial charge in [0.2, 0.25) is 0 Å². The van der Waals surface area contributed by atoms with Gasteiger partial charge in [0.25, 0.3) is 8.53 Å². The van der Waals surface area contributed by atoms with Crippen LogP contribution in [-0.2, 0) is 39.2 Å². The summed E-state index contributed by atoms with van der Waals surface area (Å²) in [5, 5.41) is 19.6. The van der Waals surface area contributed by atoms with Crippen LogP contribution in [0.15, 0.2) is 158 Å². The predicted octanol–water partition coefficient (Wildman–Crippen LogP) is 12.9. The molecule has 8 rings (SSSR count). The van der Waals surface area contributed by atoms with Gasteiger partial charge in [-0.15, -0.1) is 0 Å². The van der Waals surface area contributed by atoms with E-state index in [-0.39, 0.29) is 55.8 Å². The first-order chi connectivity index (χ1) is 39.7. The zero-order valence-corrected chi connectivity index (χ0v) is 59.8. The fourth-order valence-electron chi connectivity index (χ4n) is 10.2. The molecule has 2 fully saturated rings. The molecule has 0 amide bonds. The van der Waals surface area contributed by atoms with Crippen molar-refractivity contribution in [1.29, 1.82) is 5.26 Å². The van der Waals surface area contributed by atoms with Crippen molar-refractivity contribution in [3.05, 3.63) is 191 Å². The molecule has 0 spiro atoms. The molecule has 2 saturated heterocycles. The van der Waals surface area contributed by atoms with E-state index in [9.17, 15) is 5.11 Å². The number of ether oxygens (including phenoxy) is 8. The number of rotatable bonds is 24. The number of aliphatic hydroxyl groups excluding tert-OH is 1. The summed E-state index contributed by atoms with van der Waals surface area (Å²) in [5.41, 5.74) is 3.91. The quantitative estimate of drug-likeness (QED) is 0.0266. The number of nitrogens with zero attached hydrogens (tertiary/aromatic N) is 2. The number of methoxy groups -OCH3 is 4. The summed E-state index contributed by atoms with van der Waals surface area (Å²) in [6, 6.07) is 54.8. The Bertz CT molecular complexity index is 2650. The molecule has 0 saturated carbocycles. The Morgan fingerprint density at radius 1 is 0.573 bits per heavy atom. The van der Waals surface area contributed by atoms with Crippen molar-refractivity contribution in [2.75, 3.05) is 48.3 Å². The average molecular weight is 1700 g/mol. The molecule has 0 aliphatic carbocycles. The number of hydrogen-bond donors (Lipinski definition) is 1. The van der Waals surface area contributed by atoms with Crippen LogP contribution in [0, 0.1) is 11.3 Å². The molecule has 0 aromatic heterocycles. The van der Waals surface area contributed by atoms with Crippen molar-refractivity contribution < 1.29 is 65.3 Å². The van der Waals surface area contributed by atoms with Gasteiger partial charge in [0.05, 0.1) is 85.2 Å². The molecule has 0 bridgehead atoms. The zero-order valence-electron chi connectivity index (χ0n) is 48.1. The molecule has 2 heterocycles. The number of nitriles is 1. The third kappa shape index (κ3) is 19.1. The van der Waals surface area contributed by atoms with E-state index in [2.05, 4.69) is 144 Å². The van der Waals surface area contributed by atoms with Gasteiger partial charge < -0.3 is 52.0 Å². The van der Waals surface area contributed by atoms with Gasteiger partial charge in [-0.1, -0.05) is 109 Å². The van der Waals surface area contributed by atoms with Gasteiger partial charge in [-0.25, -0.2) is 4.67 Å². The maximum absolute atomic E-state index is 10.5. The Labute approximate surface area is 541 Å². The van der Waals surface area contributed by atoms with E-state index in [0.29, 0.717) is 39.1 Å². The topological polar surface area (TPSA) is 140 Å². The molecule has 19 heteroatoms. The fourth-order valence-corrected chi connectivity index (χ4v) is 12.0. The second-order valence-corrected chi connectivity index (χ2v) is 37.5. The Kier molecular flexibility index (Phi) is 31.7. The van der Waals surface area contributed by atoms with E-state index in [1.807, 2.05) is 140 Å². The van der Waals surface area contributed by atoms with E-state index in [1.54, 1.807) is 28.4 Å². The Hall–Kier alpha value is -2.23. The van der Waals surface area contributed by atoms with Gasteiger partial charge in [0.1, 0.15) is 46.4 Å². The standard InChI is InChI=1S/C36H47N2O6P.C27H30O5.I3.I2/c1-26(2)38(27(3)4)45(42-23-11-22-37)44-34-24-28(5)43-35(34)25-41-36(29-12-9-8-10-13-29,30-14-18-32(39-6)19-15-30)31-16-20-33(40-7)21-17-31;1-19-17-25(28)26(32-19)18-31-27(20-7-5-4-6-8-20,21-9-13-23(29-2)14-10-21)22-11-15-24(30-3)16-12-22;1-3-2;1-2/h8-10,12-21,26-28,34-35H,11,23-25H2,1-7H3;4-16,19,25-26,28H,17-18H2,1-3H3;;/q;;-1;/t28-,34?,35+,45?;19-,25?,26+;;/m00../s1. The van der Waals surface area contributed by atoms with Gasteiger partial charge in [-0.05, 0) is 123 Å². The van der Waals surface area contributed by atoms with E-state index < -0.39 is 25.8 Å². The first-order valence-corrected chi connectivity index (χ1v) is 46.9. The molecule has 6 aromatic carbocycles. The summed E-state index contributed by atoms with van der Waals surface area (Å²) in [4.78, 5) is 0. The molecular formula is C63H77I5N2O11P-. The zero-order chi connectivity index (χ0) is 59.7. The summed E-state index contributed by atoms with van der Waals surface area (Å²) >= 11 is 9.54. The summed E-state index contributed by atoms with van der Waals surface area (Å²) in [6.45, 7) is 13.4. The van der Waals surface area contributed by atoms with Crippen molar-refractivity contribution in [3.8, 4) is 29.1 Å². The predicted molar refractivity (Wildman–Crippen MR) is 357 cm³/mol. The summed E-state index contributed by atoms with van der Waals surface area (Å²) in [6.07, 6.45) is 0.0818. The van der Waals surface area contributed by atoms with E-state index in [0.717, 1.165) is 56.4 Å². The first kappa shape index (κ1) is 70.5. The average Bonchev–Trinajstić information content (AvgIpc) is 2.58. The molecule has 13 nitrogen and oxygen atoms in total. The number of halogens is 5. The number of hydrogen-bond acceptors (Lipinski definition) is 13. The minimum absolute atomic E-state index is 0.00620. The van der Waals surface area contributed by atoms with Crippen molar-refractivity contribution in [3.63, 3.8) is 0 Å². The number of aliphatic hydroxyl groups is 1. The van der Waals surface area contributed by atoms with Crippen LogP contribution in [0.25, 0.3) is 0 Å². The monoisotopic (exact) mass is 1700 g/mol. The Morgan fingerprint density at radius 2 is 0.902 bits per heavy atom. The molecule has 446 valence electrons. The van der Waals surface area contributed by atoms with E-state index in [1.165, 1.54) is 0 Å². The molecular weight excluding hydrogens is 1630 g/mol. The Morgan fingerprint density at radius 3 is 1.22 bits per heavy atom. The summed E-state index contributed by atoms with van der Waals surface area (Å²) in [5.74, 6) is 3.07. The molecule has 7 atom stereocenters. The van der Waals surface area contributed by atoms with Crippen molar-refractivity contribution in [2.24, 2.45) is 0 Å². The van der Waals surface area contributed by atoms with Gasteiger partial charge in [0, 0.05) is 62.2 Å². The third-order valence-corrected chi connectivity index (χ3v) is 16.1. The minimum atomic E-state index is -1.43. The van der Waals surface area contributed by atoms with Gasteiger partial charge in [0.15, 0.2) is 0 Å².